The summed E-state index contributed by atoms with van der Waals surface area (Å²) in [5.41, 5.74) is 1.99. The van der Waals surface area contributed by atoms with Crippen molar-refractivity contribution in [2.45, 2.75) is 31.9 Å². The van der Waals surface area contributed by atoms with Crippen LogP contribution in [-0.2, 0) is 9.59 Å². The number of carboxylic acid groups (broad SMARTS) is 1. The number of aliphatic hydroxyl groups excluding tert-OH is 1. The molecule has 6 heteroatoms. The molecule has 1 amide bonds. The molecular formula is C14H17NO4S. The third kappa shape index (κ3) is 1.90. The highest BCUT2D eigenvalue weighted by Crippen LogP contribution is 2.46. The average molecular weight is 295 g/mol. The zero-order valence-electron chi connectivity index (χ0n) is 11.2. The third-order valence-electron chi connectivity index (χ3n) is 4.28. The molecule has 1 fully saturated rings. The number of hydrogen-bond donors (Lipinski definition) is 2. The maximum absolute atomic E-state index is 12.1. The second-order valence-electron chi connectivity index (χ2n) is 5.43. The predicted octanol–water partition coefficient (Wildman–Crippen LogP) is 1.000. The Morgan fingerprint density at radius 1 is 1.55 bits per heavy atom. The number of hydrogen-bond acceptors (Lipinski definition) is 4. The Kier molecular flexibility index (Phi) is 3.38. The fraction of sp³-hybridized carbons (Fsp3) is 0.571. The van der Waals surface area contributed by atoms with Gasteiger partial charge < -0.3 is 15.1 Å². The van der Waals surface area contributed by atoms with E-state index in [0.29, 0.717) is 6.42 Å². The van der Waals surface area contributed by atoms with Crippen molar-refractivity contribution in [1.29, 1.82) is 0 Å². The second kappa shape index (κ2) is 4.93. The topological polar surface area (TPSA) is 77.8 Å². The van der Waals surface area contributed by atoms with Gasteiger partial charge in [0.05, 0.1) is 18.1 Å². The number of carboxylic acids is 1. The van der Waals surface area contributed by atoms with E-state index >= 15 is 0 Å². The Balaban J connectivity index is 1.95. The van der Waals surface area contributed by atoms with E-state index in [1.165, 1.54) is 4.90 Å². The number of carbonyl (C=O) groups excluding carboxylic acids is 1. The molecular weight excluding hydrogens is 278 g/mol. The average Bonchev–Trinajstić information content (AvgIpc) is 2.74. The normalized spacial score (nSPS) is 30.8. The molecule has 3 rings (SSSR count). The molecule has 3 heterocycles. The summed E-state index contributed by atoms with van der Waals surface area (Å²) < 4.78 is 0. The maximum Gasteiger partial charge on any atom is 0.352 e. The molecule has 2 N–H and O–H groups in total. The van der Waals surface area contributed by atoms with Crippen LogP contribution in [0.1, 0.15) is 19.8 Å². The molecule has 0 aromatic carbocycles. The van der Waals surface area contributed by atoms with Gasteiger partial charge in [-0.1, -0.05) is 6.08 Å². The zero-order valence-corrected chi connectivity index (χ0v) is 12.0. The molecule has 0 aromatic rings. The van der Waals surface area contributed by atoms with Crippen LogP contribution in [0.5, 0.6) is 0 Å². The smallest absolute Gasteiger partial charge is 0.352 e. The highest BCUT2D eigenvalue weighted by Gasteiger charge is 2.56. The summed E-state index contributed by atoms with van der Waals surface area (Å²) in [7, 11) is 0. The molecule has 108 valence electrons. The largest absolute Gasteiger partial charge is 0.477 e. The van der Waals surface area contributed by atoms with Crippen LogP contribution in [0, 0.1) is 5.92 Å². The van der Waals surface area contributed by atoms with Crippen LogP contribution in [0.2, 0.25) is 0 Å². The SMILES string of the molecule is C[C@@H](O)[C@H]1C(=O)N2C(C(=O)O)=C(C3=CCSCC3)C[C@H]12. The van der Waals surface area contributed by atoms with E-state index in [9.17, 15) is 19.8 Å². The summed E-state index contributed by atoms with van der Waals surface area (Å²) in [5.74, 6) is 0.118. The van der Waals surface area contributed by atoms with Gasteiger partial charge >= 0.3 is 5.97 Å². The van der Waals surface area contributed by atoms with Gasteiger partial charge in [0.2, 0.25) is 5.91 Å². The van der Waals surface area contributed by atoms with Crippen molar-refractivity contribution in [3.63, 3.8) is 0 Å². The lowest BCUT2D eigenvalue weighted by Gasteiger charge is -2.44. The van der Waals surface area contributed by atoms with E-state index in [1.54, 1.807) is 6.92 Å². The minimum absolute atomic E-state index is 0.134. The number of fused-ring (bicyclic) bond motifs is 1. The Morgan fingerprint density at radius 2 is 2.30 bits per heavy atom. The first-order valence-corrected chi connectivity index (χ1v) is 7.92. The van der Waals surface area contributed by atoms with Crippen LogP contribution < -0.4 is 0 Å². The van der Waals surface area contributed by atoms with Crippen LogP contribution in [0.15, 0.2) is 22.9 Å². The number of aliphatic hydroxyl groups is 1. The molecule has 20 heavy (non-hydrogen) atoms. The van der Waals surface area contributed by atoms with Crippen LogP contribution in [0.4, 0.5) is 0 Å². The van der Waals surface area contributed by atoms with Crippen LogP contribution in [0.3, 0.4) is 0 Å². The molecule has 3 aliphatic rings. The van der Waals surface area contributed by atoms with E-state index in [1.807, 2.05) is 11.8 Å². The second-order valence-corrected chi connectivity index (χ2v) is 6.58. The Hall–Kier alpha value is -1.27. The number of amides is 1. The van der Waals surface area contributed by atoms with Crippen molar-refractivity contribution in [2.24, 2.45) is 5.92 Å². The molecule has 3 atom stereocenters. The highest BCUT2D eigenvalue weighted by atomic mass is 32.2. The van der Waals surface area contributed by atoms with Gasteiger partial charge in [-0.2, -0.15) is 11.8 Å². The summed E-state index contributed by atoms with van der Waals surface area (Å²) in [6, 6.07) is -0.181. The van der Waals surface area contributed by atoms with Gasteiger partial charge in [-0.15, -0.1) is 0 Å². The first-order chi connectivity index (χ1) is 9.52. The number of nitrogens with zero attached hydrogens (tertiary/aromatic N) is 1. The number of rotatable bonds is 3. The Morgan fingerprint density at radius 3 is 2.85 bits per heavy atom. The molecule has 3 aliphatic heterocycles. The molecule has 0 saturated carbocycles. The van der Waals surface area contributed by atoms with E-state index in [-0.39, 0.29) is 17.6 Å². The summed E-state index contributed by atoms with van der Waals surface area (Å²) in [5, 5.41) is 19.1. The molecule has 0 unspecified atom stereocenters. The molecule has 0 aromatic heterocycles. The monoisotopic (exact) mass is 295 g/mol. The Bertz CT molecular complexity index is 537. The van der Waals surface area contributed by atoms with E-state index in [0.717, 1.165) is 29.1 Å². The molecule has 0 aliphatic carbocycles. The van der Waals surface area contributed by atoms with Gasteiger partial charge in [0, 0.05) is 5.75 Å². The number of carbonyl (C=O) groups is 2. The van der Waals surface area contributed by atoms with Crippen LogP contribution >= 0.6 is 11.8 Å². The van der Waals surface area contributed by atoms with Crippen molar-refractivity contribution in [2.75, 3.05) is 11.5 Å². The first-order valence-electron chi connectivity index (χ1n) is 6.77. The molecule has 0 radical (unpaired) electrons. The minimum atomic E-state index is -1.04. The summed E-state index contributed by atoms with van der Waals surface area (Å²) in [6.45, 7) is 1.59. The summed E-state index contributed by atoms with van der Waals surface area (Å²) in [4.78, 5) is 25.0. The fourth-order valence-electron chi connectivity index (χ4n) is 3.36. The summed E-state index contributed by atoms with van der Waals surface area (Å²) >= 11 is 1.82. The van der Waals surface area contributed by atoms with Crippen LogP contribution in [0.25, 0.3) is 0 Å². The fourth-order valence-corrected chi connectivity index (χ4v) is 4.21. The lowest BCUT2D eigenvalue weighted by atomic mass is 9.82. The van der Waals surface area contributed by atoms with Gasteiger partial charge in [0.25, 0.3) is 0 Å². The molecule has 5 nitrogen and oxygen atoms in total. The number of allylic oxidation sites excluding steroid dienone is 1. The van der Waals surface area contributed by atoms with Crippen LogP contribution in [-0.4, -0.2) is 50.6 Å². The zero-order chi connectivity index (χ0) is 14.4. The third-order valence-corrected chi connectivity index (χ3v) is 5.18. The van der Waals surface area contributed by atoms with Crippen molar-refractivity contribution in [3.05, 3.63) is 22.9 Å². The van der Waals surface area contributed by atoms with Crippen molar-refractivity contribution >= 4 is 23.6 Å². The van der Waals surface area contributed by atoms with Gasteiger partial charge in [0.1, 0.15) is 5.70 Å². The van der Waals surface area contributed by atoms with Gasteiger partial charge in [-0.25, -0.2) is 4.79 Å². The molecule has 0 spiro atoms. The standard InChI is InChI=1S/C14H17NO4S/c1-7(16)11-10-6-9(8-2-4-20-5-3-8)12(14(18)19)15(10)13(11)17/h2,7,10-11,16H,3-6H2,1H3,(H,18,19)/t7-,10-,11-/m1/s1. The number of β-lactam (4-membered cyclic amide) rings is 1. The van der Waals surface area contributed by atoms with E-state index in [4.69, 9.17) is 0 Å². The van der Waals surface area contributed by atoms with E-state index in [2.05, 4.69) is 6.08 Å². The van der Waals surface area contributed by atoms with Gasteiger partial charge in [-0.05, 0) is 36.7 Å². The molecule has 1 saturated heterocycles. The van der Waals surface area contributed by atoms with Crippen molar-refractivity contribution in [1.82, 2.24) is 4.90 Å². The minimum Gasteiger partial charge on any atom is -0.477 e. The number of aliphatic carboxylic acids is 1. The van der Waals surface area contributed by atoms with Gasteiger partial charge in [-0.3, -0.25) is 4.79 Å². The number of thioether (sulfide) groups is 1. The van der Waals surface area contributed by atoms with Crippen molar-refractivity contribution < 1.29 is 19.8 Å². The summed E-state index contributed by atoms with van der Waals surface area (Å²) in [6.07, 6.45) is 2.75. The Labute approximate surface area is 121 Å². The lowest BCUT2D eigenvalue weighted by molar-refractivity contribution is -0.161. The van der Waals surface area contributed by atoms with Gasteiger partial charge in [0.15, 0.2) is 0 Å². The lowest BCUT2D eigenvalue weighted by Crippen LogP contribution is -2.61. The van der Waals surface area contributed by atoms with E-state index < -0.39 is 18.0 Å². The highest BCUT2D eigenvalue weighted by molar-refractivity contribution is 7.99. The molecule has 0 bridgehead atoms. The first kappa shape index (κ1) is 13.7. The maximum atomic E-state index is 12.1. The quantitative estimate of drug-likeness (QED) is 0.760. The predicted molar refractivity (Wildman–Crippen MR) is 75.1 cm³/mol. The van der Waals surface area contributed by atoms with Crippen molar-refractivity contribution in [3.8, 4) is 0 Å².